The lowest BCUT2D eigenvalue weighted by atomic mass is 10.0. The van der Waals surface area contributed by atoms with E-state index in [4.69, 9.17) is 0 Å². The summed E-state index contributed by atoms with van der Waals surface area (Å²) in [6, 6.07) is 4.89. The Morgan fingerprint density at radius 1 is 1.23 bits per heavy atom. The highest BCUT2D eigenvalue weighted by Crippen LogP contribution is 2.20. The first-order valence-corrected chi connectivity index (χ1v) is 7.77. The van der Waals surface area contributed by atoms with Gasteiger partial charge in [-0.2, -0.15) is 0 Å². The van der Waals surface area contributed by atoms with Gasteiger partial charge in [0.25, 0.3) is 0 Å². The Morgan fingerprint density at radius 2 is 1.82 bits per heavy atom. The molecule has 2 rings (SSSR count). The molecule has 0 radical (unpaired) electrons. The van der Waals surface area contributed by atoms with Gasteiger partial charge in [-0.3, -0.25) is 9.80 Å². The number of halogens is 1. The molecule has 0 aromatic heterocycles. The number of hydrogen-bond donors (Lipinski definition) is 1. The van der Waals surface area contributed by atoms with E-state index in [1.807, 2.05) is 26.8 Å². The summed E-state index contributed by atoms with van der Waals surface area (Å²) in [5.74, 6) is -0.300. The summed E-state index contributed by atoms with van der Waals surface area (Å²) in [4.78, 5) is 15.1. The van der Waals surface area contributed by atoms with Gasteiger partial charge in [-0.15, -0.1) is 0 Å². The number of hydrogen-bond acceptors (Lipinski definition) is 2. The Kier molecular flexibility index (Phi) is 5.06. The molecular formula is C17H25FN2O2. The van der Waals surface area contributed by atoms with E-state index in [1.165, 1.54) is 23.8 Å². The SMILES string of the molecule is CC(C)(C)N(Cc1cc(F)cc(CN2CCCC2)c1)C(=O)O. The van der Waals surface area contributed by atoms with Crippen molar-refractivity contribution in [3.63, 3.8) is 0 Å². The van der Waals surface area contributed by atoms with Gasteiger partial charge in [0.05, 0.1) is 0 Å². The standard InChI is InChI=1S/C17H25FN2O2/c1-17(2,3)20(16(21)22)12-14-8-13(9-15(18)10-14)11-19-6-4-5-7-19/h8-10H,4-7,11-12H2,1-3H3,(H,21,22). The van der Waals surface area contributed by atoms with Crippen molar-refractivity contribution in [2.45, 2.75) is 52.2 Å². The highest BCUT2D eigenvalue weighted by atomic mass is 19.1. The first-order valence-electron chi connectivity index (χ1n) is 7.77. The Morgan fingerprint density at radius 3 is 2.36 bits per heavy atom. The zero-order chi connectivity index (χ0) is 16.3. The topological polar surface area (TPSA) is 43.8 Å². The number of carboxylic acid groups (broad SMARTS) is 1. The zero-order valence-corrected chi connectivity index (χ0v) is 13.6. The largest absolute Gasteiger partial charge is 0.465 e. The highest BCUT2D eigenvalue weighted by molar-refractivity contribution is 5.66. The second-order valence-electron chi connectivity index (χ2n) is 6.99. The Balaban J connectivity index is 2.16. The van der Waals surface area contributed by atoms with Crippen molar-refractivity contribution in [3.8, 4) is 0 Å². The van der Waals surface area contributed by atoms with Crippen molar-refractivity contribution in [2.75, 3.05) is 13.1 Å². The number of amides is 1. The van der Waals surface area contributed by atoms with Crippen molar-refractivity contribution in [1.29, 1.82) is 0 Å². The van der Waals surface area contributed by atoms with Gasteiger partial charge in [-0.25, -0.2) is 9.18 Å². The zero-order valence-electron chi connectivity index (χ0n) is 13.6. The molecular weight excluding hydrogens is 283 g/mol. The second-order valence-corrected chi connectivity index (χ2v) is 6.99. The van der Waals surface area contributed by atoms with E-state index < -0.39 is 11.6 Å². The van der Waals surface area contributed by atoms with Crippen molar-refractivity contribution in [1.82, 2.24) is 9.80 Å². The van der Waals surface area contributed by atoms with E-state index in [0.29, 0.717) is 5.56 Å². The van der Waals surface area contributed by atoms with Crippen LogP contribution in [0.5, 0.6) is 0 Å². The molecule has 1 aromatic carbocycles. The van der Waals surface area contributed by atoms with Gasteiger partial charge in [0.15, 0.2) is 0 Å². The Hall–Kier alpha value is -1.62. The molecule has 1 saturated heterocycles. The second kappa shape index (κ2) is 6.65. The lowest BCUT2D eigenvalue weighted by Crippen LogP contribution is -2.44. The summed E-state index contributed by atoms with van der Waals surface area (Å²) >= 11 is 0. The number of rotatable bonds is 4. The van der Waals surface area contributed by atoms with E-state index >= 15 is 0 Å². The van der Waals surface area contributed by atoms with Crippen molar-refractivity contribution >= 4 is 6.09 Å². The molecule has 0 saturated carbocycles. The van der Waals surface area contributed by atoms with Crippen LogP contribution in [0.4, 0.5) is 9.18 Å². The van der Waals surface area contributed by atoms with Crippen LogP contribution in [0.2, 0.25) is 0 Å². The first-order chi connectivity index (χ1) is 10.3. The maximum absolute atomic E-state index is 13.9. The molecule has 5 heteroatoms. The molecule has 22 heavy (non-hydrogen) atoms. The molecule has 0 unspecified atom stereocenters. The minimum Gasteiger partial charge on any atom is -0.465 e. The summed E-state index contributed by atoms with van der Waals surface area (Å²) in [6.07, 6.45) is 1.40. The molecule has 1 N–H and O–H groups in total. The van der Waals surface area contributed by atoms with Crippen LogP contribution in [0.1, 0.15) is 44.7 Å². The molecule has 1 heterocycles. The van der Waals surface area contributed by atoms with Gasteiger partial charge in [0.2, 0.25) is 0 Å². The van der Waals surface area contributed by atoms with Crippen LogP contribution in [0.25, 0.3) is 0 Å². The average Bonchev–Trinajstić information content (AvgIpc) is 2.86. The van der Waals surface area contributed by atoms with Crippen LogP contribution in [-0.4, -0.2) is 39.6 Å². The minimum atomic E-state index is -0.988. The normalized spacial score (nSPS) is 16.0. The summed E-state index contributed by atoms with van der Waals surface area (Å²) in [6.45, 7) is 8.55. The molecule has 0 aliphatic carbocycles. The fourth-order valence-corrected chi connectivity index (χ4v) is 2.87. The maximum Gasteiger partial charge on any atom is 0.408 e. The first kappa shape index (κ1) is 16.7. The molecule has 0 spiro atoms. The van der Waals surface area contributed by atoms with E-state index in [9.17, 15) is 14.3 Å². The third kappa shape index (κ3) is 4.44. The molecule has 1 fully saturated rings. The van der Waals surface area contributed by atoms with Gasteiger partial charge >= 0.3 is 6.09 Å². The summed E-state index contributed by atoms with van der Waals surface area (Å²) in [5, 5.41) is 9.36. The monoisotopic (exact) mass is 308 g/mol. The fraction of sp³-hybridized carbons (Fsp3) is 0.588. The third-order valence-corrected chi connectivity index (χ3v) is 4.00. The van der Waals surface area contributed by atoms with Gasteiger partial charge in [0, 0.05) is 18.6 Å². The van der Waals surface area contributed by atoms with E-state index in [2.05, 4.69) is 4.90 Å². The van der Waals surface area contributed by atoms with Crippen LogP contribution >= 0.6 is 0 Å². The molecule has 4 nitrogen and oxygen atoms in total. The molecule has 1 aliphatic heterocycles. The van der Waals surface area contributed by atoms with E-state index in [-0.39, 0.29) is 12.4 Å². The quantitative estimate of drug-likeness (QED) is 0.922. The van der Waals surface area contributed by atoms with Crippen LogP contribution in [0.15, 0.2) is 18.2 Å². The van der Waals surface area contributed by atoms with Crippen molar-refractivity contribution in [2.24, 2.45) is 0 Å². The molecule has 1 aromatic rings. The molecule has 122 valence electrons. The smallest absolute Gasteiger partial charge is 0.408 e. The van der Waals surface area contributed by atoms with Crippen LogP contribution in [-0.2, 0) is 13.1 Å². The summed E-state index contributed by atoms with van der Waals surface area (Å²) < 4.78 is 13.9. The van der Waals surface area contributed by atoms with Crippen LogP contribution in [0, 0.1) is 5.82 Å². The lowest BCUT2D eigenvalue weighted by molar-refractivity contribution is 0.0954. The van der Waals surface area contributed by atoms with Crippen molar-refractivity contribution in [3.05, 3.63) is 35.1 Å². The summed E-state index contributed by atoms with van der Waals surface area (Å²) in [7, 11) is 0. The van der Waals surface area contributed by atoms with Crippen LogP contribution in [0.3, 0.4) is 0 Å². The van der Waals surface area contributed by atoms with E-state index in [0.717, 1.165) is 25.2 Å². The Bertz CT molecular complexity index is 534. The van der Waals surface area contributed by atoms with Crippen LogP contribution < -0.4 is 0 Å². The predicted octanol–water partition coefficient (Wildman–Crippen LogP) is 3.70. The molecule has 1 aliphatic rings. The average molecular weight is 308 g/mol. The Labute approximate surface area is 131 Å². The predicted molar refractivity (Wildman–Crippen MR) is 84.2 cm³/mol. The number of nitrogens with zero attached hydrogens (tertiary/aromatic N) is 2. The van der Waals surface area contributed by atoms with E-state index in [1.54, 1.807) is 6.07 Å². The van der Waals surface area contributed by atoms with Gasteiger partial charge in [0.1, 0.15) is 5.82 Å². The molecule has 1 amide bonds. The number of benzene rings is 1. The highest BCUT2D eigenvalue weighted by Gasteiger charge is 2.26. The lowest BCUT2D eigenvalue weighted by Gasteiger charge is -2.33. The van der Waals surface area contributed by atoms with Gasteiger partial charge in [-0.1, -0.05) is 6.07 Å². The molecule has 0 atom stereocenters. The number of likely N-dealkylation sites (tertiary alicyclic amines) is 1. The fourth-order valence-electron chi connectivity index (χ4n) is 2.87. The molecule has 0 bridgehead atoms. The van der Waals surface area contributed by atoms with Gasteiger partial charge in [-0.05, 0) is 70.0 Å². The minimum absolute atomic E-state index is 0.198. The van der Waals surface area contributed by atoms with Crippen molar-refractivity contribution < 1.29 is 14.3 Å². The summed E-state index contributed by atoms with van der Waals surface area (Å²) in [5.41, 5.74) is 1.09. The number of carbonyl (C=O) groups is 1. The van der Waals surface area contributed by atoms with Gasteiger partial charge < -0.3 is 5.11 Å². The maximum atomic E-state index is 13.9. The third-order valence-electron chi connectivity index (χ3n) is 4.00.